The quantitative estimate of drug-likeness (QED) is 0.661. The second kappa shape index (κ2) is 6.92. The Morgan fingerprint density at radius 3 is 2.71 bits per heavy atom. The molecule has 1 heterocycles. The highest BCUT2D eigenvalue weighted by Gasteiger charge is 2.24. The SMILES string of the molecule is C=CCOC(=O)c1ccc(N2CCC[C@H](C(N)=O)C2)cc1. The minimum Gasteiger partial charge on any atom is -0.458 e. The first kappa shape index (κ1) is 15.1. The van der Waals surface area contributed by atoms with Crippen LogP contribution in [0.25, 0.3) is 0 Å². The molecule has 0 unspecified atom stereocenters. The van der Waals surface area contributed by atoms with Gasteiger partial charge in [-0.15, -0.1) is 0 Å². The molecule has 1 fully saturated rings. The number of piperidine rings is 1. The number of rotatable bonds is 5. The van der Waals surface area contributed by atoms with Crippen molar-refractivity contribution < 1.29 is 14.3 Å². The number of nitrogens with two attached hydrogens (primary N) is 1. The van der Waals surface area contributed by atoms with Crippen LogP contribution in [0.5, 0.6) is 0 Å². The van der Waals surface area contributed by atoms with Gasteiger partial charge < -0.3 is 15.4 Å². The van der Waals surface area contributed by atoms with Crippen molar-refractivity contribution in [2.24, 2.45) is 11.7 Å². The van der Waals surface area contributed by atoms with Crippen molar-refractivity contribution in [2.45, 2.75) is 12.8 Å². The van der Waals surface area contributed by atoms with E-state index in [-0.39, 0.29) is 24.4 Å². The molecule has 2 N–H and O–H groups in total. The lowest BCUT2D eigenvalue weighted by atomic mass is 9.97. The molecule has 1 aliphatic heterocycles. The molecule has 0 bridgehead atoms. The number of hydrogen-bond acceptors (Lipinski definition) is 4. The predicted molar refractivity (Wildman–Crippen MR) is 81.1 cm³/mol. The first-order valence-corrected chi connectivity index (χ1v) is 7.04. The van der Waals surface area contributed by atoms with Gasteiger partial charge in [-0.3, -0.25) is 4.79 Å². The van der Waals surface area contributed by atoms with E-state index in [2.05, 4.69) is 11.5 Å². The van der Waals surface area contributed by atoms with E-state index in [1.807, 2.05) is 12.1 Å². The van der Waals surface area contributed by atoms with E-state index in [9.17, 15) is 9.59 Å². The zero-order valence-electron chi connectivity index (χ0n) is 12.0. The van der Waals surface area contributed by atoms with Crippen LogP contribution >= 0.6 is 0 Å². The molecule has 1 aromatic carbocycles. The van der Waals surface area contributed by atoms with Gasteiger partial charge in [0.05, 0.1) is 11.5 Å². The van der Waals surface area contributed by atoms with E-state index in [1.54, 1.807) is 12.1 Å². The molecule has 2 rings (SSSR count). The number of carbonyl (C=O) groups is 2. The fraction of sp³-hybridized carbons (Fsp3) is 0.375. The molecule has 0 radical (unpaired) electrons. The Kier molecular flexibility index (Phi) is 4.98. The van der Waals surface area contributed by atoms with E-state index < -0.39 is 0 Å². The van der Waals surface area contributed by atoms with Gasteiger partial charge in [0, 0.05) is 18.8 Å². The first-order chi connectivity index (χ1) is 10.1. The Balaban J connectivity index is 2.03. The van der Waals surface area contributed by atoms with Crippen molar-refractivity contribution in [1.82, 2.24) is 0 Å². The fourth-order valence-corrected chi connectivity index (χ4v) is 2.47. The van der Waals surface area contributed by atoms with E-state index in [0.717, 1.165) is 25.1 Å². The van der Waals surface area contributed by atoms with Gasteiger partial charge in [-0.2, -0.15) is 0 Å². The lowest BCUT2D eigenvalue weighted by Crippen LogP contribution is -2.41. The summed E-state index contributed by atoms with van der Waals surface area (Å²) in [6, 6.07) is 7.20. The van der Waals surface area contributed by atoms with Crippen LogP contribution in [0.2, 0.25) is 0 Å². The summed E-state index contributed by atoms with van der Waals surface area (Å²) in [6.45, 7) is 5.23. The summed E-state index contributed by atoms with van der Waals surface area (Å²) in [5.41, 5.74) is 6.87. The number of amides is 1. The largest absolute Gasteiger partial charge is 0.458 e. The maximum Gasteiger partial charge on any atom is 0.338 e. The van der Waals surface area contributed by atoms with E-state index in [4.69, 9.17) is 10.5 Å². The minimum absolute atomic E-state index is 0.101. The summed E-state index contributed by atoms with van der Waals surface area (Å²) < 4.78 is 4.98. The van der Waals surface area contributed by atoms with Crippen LogP contribution in [-0.4, -0.2) is 31.6 Å². The van der Waals surface area contributed by atoms with Crippen molar-refractivity contribution >= 4 is 17.6 Å². The average molecular weight is 288 g/mol. The highest BCUT2D eigenvalue weighted by molar-refractivity contribution is 5.89. The molecule has 21 heavy (non-hydrogen) atoms. The number of carbonyl (C=O) groups excluding carboxylic acids is 2. The molecule has 0 spiro atoms. The maximum atomic E-state index is 11.7. The summed E-state index contributed by atoms with van der Waals surface area (Å²) in [6.07, 6.45) is 3.32. The number of primary amides is 1. The van der Waals surface area contributed by atoms with E-state index in [0.29, 0.717) is 12.1 Å². The van der Waals surface area contributed by atoms with Gasteiger partial charge in [-0.25, -0.2) is 4.79 Å². The van der Waals surface area contributed by atoms with Crippen LogP contribution in [0.4, 0.5) is 5.69 Å². The summed E-state index contributed by atoms with van der Waals surface area (Å²) in [7, 11) is 0. The maximum absolute atomic E-state index is 11.7. The monoisotopic (exact) mass is 288 g/mol. The van der Waals surface area contributed by atoms with Gasteiger partial charge in [-0.1, -0.05) is 12.7 Å². The van der Waals surface area contributed by atoms with Crippen LogP contribution in [0.1, 0.15) is 23.2 Å². The Morgan fingerprint density at radius 2 is 2.10 bits per heavy atom. The Hall–Kier alpha value is -2.30. The molecule has 1 aliphatic rings. The fourth-order valence-electron chi connectivity index (χ4n) is 2.47. The van der Waals surface area contributed by atoms with E-state index in [1.165, 1.54) is 6.08 Å². The van der Waals surface area contributed by atoms with Crippen molar-refractivity contribution in [1.29, 1.82) is 0 Å². The number of anilines is 1. The van der Waals surface area contributed by atoms with Gasteiger partial charge in [0.1, 0.15) is 6.61 Å². The topological polar surface area (TPSA) is 72.6 Å². The average Bonchev–Trinajstić information content (AvgIpc) is 2.53. The minimum atomic E-state index is -0.366. The zero-order chi connectivity index (χ0) is 15.2. The van der Waals surface area contributed by atoms with Gasteiger partial charge in [0.25, 0.3) is 0 Å². The number of benzene rings is 1. The molecule has 112 valence electrons. The zero-order valence-corrected chi connectivity index (χ0v) is 12.0. The van der Waals surface area contributed by atoms with Crippen molar-refractivity contribution in [3.8, 4) is 0 Å². The highest BCUT2D eigenvalue weighted by atomic mass is 16.5. The van der Waals surface area contributed by atoms with Crippen LogP contribution in [0, 0.1) is 5.92 Å². The normalized spacial score (nSPS) is 18.1. The molecule has 1 aromatic rings. The number of ether oxygens (including phenoxy) is 1. The molecule has 1 amide bonds. The number of hydrogen-bond donors (Lipinski definition) is 1. The van der Waals surface area contributed by atoms with Gasteiger partial charge in [0.2, 0.25) is 5.91 Å². The predicted octanol–water partition coefficient (Wildman–Crippen LogP) is 1.73. The summed E-state index contributed by atoms with van der Waals surface area (Å²) in [4.78, 5) is 25.1. The van der Waals surface area contributed by atoms with Crippen LogP contribution in [0.15, 0.2) is 36.9 Å². The van der Waals surface area contributed by atoms with Crippen molar-refractivity contribution in [3.63, 3.8) is 0 Å². The summed E-state index contributed by atoms with van der Waals surface area (Å²) >= 11 is 0. The Morgan fingerprint density at radius 1 is 1.38 bits per heavy atom. The van der Waals surface area contributed by atoms with Crippen LogP contribution in [-0.2, 0) is 9.53 Å². The summed E-state index contributed by atoms with van der Waals surface area (Å²) in [5, 5.41) is 0. The Labute approximate surface area is 124 Å². The molecule has 0 aliphatic carbocycles. The van der Waals surface area contributed by atoms with Gasteiger partial charge in [-0.05, 0) is 37.1 Å². The molecular weight excluding hydrogens is 268 g/mol. The first-order valence-electron chi connectivity index (χ1n) is 7.04. The molecule has 0 aromatic heterocycles. The third-order valence-electron chi connectivity index (χ3n) is 3.62. The lowest BCUT2D eigenvalue weighted by Gasteiger charge is -2.33. The molecule has 0 saturated carbocycles. The second-order valence-corrected chi connectivity index (χ2v) is 5.12. The molecule has 5 nitrogen and oxygen atoms in total. The second-order valence-electron chi connectivity index (χ2n) is 5.12. The summed E-state index contributed by atoms with van der Waals surface area (Å²) in [5.74, 6) is -0.713. The molecule has 5 heteroatoms. The van der Waals surface area contributed by atoms with Crippen molar-refractivity contribution in [3.05, 3.63) is 42.5 Å². The lowest BCUT2D eigenvalue weighted by molar-refractivity contribution is -0.122. The van der Waals surface area contributed by atoms with E-state index >= 15 is 0 Å². The number of nitrogens with zero attached hydrogens (tertiary/aromatic N) is 1. The highest BCUT2D eigenvalue weighted by Crippen LogP contribution is 2.23. The standard InChI is InChI=1S/C16H20N2O3/c1-2-10-21-16(20)12-5-7-14(8-6-12)18-9-3-4-13(11-18)15(17)19/h2,5-8,13H,1,3-4,9-11H2,(H2,17,19)/t13-/m0/s1. The van der Waals surface area contributed by atoms with Gasteiger partial charge in [0.15, 0.2) is 0 Å². The third-order valence-corrected chi connectivity index (χ3v) is 3.62. The Bertz CT molecular complexity index is 525. The van der Waals surface area contributed by atoms with Crippen LogP contribution in [0.3, 0.4) is 0 Å². The smallest absolute Gasteiger partial charge is 0.338 e. The van der Waals surface area contributed by atoms with Crippen LogP contribution < -0.4 is 10.6 Å². The number of esters is 1. The van der Waals surface area contributed by atoms with Gasteiger partial charge >= 0.3 is 5.97 Å². The molecule has 1 atom stereocenters. The van der Waals surface area contributed by atoms with Crippen molar-refractivity contribution in [2.75, 3.05) is 24.6 Å². The molecular formula is C16H20N2O3. The third kappa shape index (κ3) is 3.84. The molecule has 1 saturated heterocycles.